The second-order valence-electron chi connectivity index (χ2n) is 3.48. The average Bonchev–Trinajstić information content (AvgIpc) is 2.29. The standard InChI is InChI=1S/C7H8BrN3OS/c8-5-9-10-6(13-5)11-3-7(4-11)1-2-12-7/h1-4H2. The van der Waals surface area contributed by atoms with Crippen molar-refractivity contribution in [3.8, 4) is 0 Å². The van der Waals surface area contributed by atoms with Gasteiger partial charge in [-0.1, -0.05) is 11.3 Å². The van der Waals surface area contributed by atoms with E-state index in [-0.39, 0.29) is 5.60 Å². The molecule has 0 saturated carbocycles. The number of nitrogens with zero attached hydrogens (tertiary/aromatic N) is 3. The highest BCUT2D eigenvalue weighted by atomic mass is 79.9. The minimum Gasteiger partial charge on any atom is -0.371 e. The molecular formula is C7H8BrN3OS. The maximum absolute atomic E-state index is 5.52. The van der Waals surface area contributed by atoms with E-state index in [4.69, 9.17) is 4.74 Å². The molecule has 3 rings (SSSR count). The van der Waals surface area contributed by atoms with E-state index in [2.05, 4.69) is 31.0 Å². The van der Waals surface area contributed by atoms with Gasteiger partial charge in [0.2, 0.25) is 5.13 Å². The Hall–Kier alpha value is -0.200. The molecule has 0 aromatic carbocycles. The van der Waals surface area contributed by atoms with Gasteiger partial charge in [-0.05, 0) is 15.9 Å². The summed E-state index contributed by atoms with van der Waals surface area (Å²) < 4.78 is 6.36. The minimum atomic E-state index is 0.179. The van der Waals surface area contributed by atoms with E-state index in [1.54, 1.807) is 11.3 Å². The van der Waals surface area contributed by atoms with Crippen molar-refractivity contribution in [3.63, 3.8) is 0 Å². The monoisotopic (exact) mass is 261 g/mol. The van der Waals surface area contributed by atoms with Crippen molar-refractivity contribution in [1.29, 1.82) is 0 Å². The first-order chi connectivity index (χ1) is 6.27. The molecule has 1 aromatic rings. The van der Waals surface area contributed by atoms with Gasteiger partial charge in [0.1, 0.15) is 5.60 Å². The summed E-state index contributed by atoms with van der Waals surface area (Å²) in [5.41, 5.74) is 0.179. The van der Waals surface area contributed by atoms with Crippen LogP contribution in [-0.4, -0.2) is 35.5 Å². The zero-order valence-corrected chi connectivity index (χ0v) is 9.27. The molecule has 3 heterocycles. The lowest BCUT2D eigenvalue weighted by molar-refractivity contribution is -0.160. The lowest BCUT2D eigenvalue weighted by Gasteiger charge is -2.54. The van der Waals surface area contributed by atoms with Crippen LogP contribution in [0.25, 0.3) is 0 Å². The second kappa shape index (κ2) is 2.65. The number of hydrogen-bond donors (Lipinski definition) is 0. The summed E-state index contributed by atoms with van der Waals surface area (Å²) in [7, 11) is 0. The number of rotatable bonds is 1. The summed E-state index contributed by atoms with van der Waals surface area (Å²) >= 11 is 4.87. The first kappa shape index (κ1) is 8.14. The van der Waals surface area contributed by atoms with Crippen LogP contribution in [0.5, 0.6) is 0 Å². The molecule has 4 nitrogen and oxygen atoms in total. The summed E-state index contributed by atoms with van der Waals surface area (Å²) in [4.78, 5) is 2.21. The van der Waals surface area contributed by atoms with E-state index in [1.807, 2.05) is 0 Å². The molecule has 2 saturated heterocycles. The largest absolute Gasteiger partial charge is 0.371 e. The second-order valence-corrected chi connectivity index (χ2v) is 5.71. The van der Waals surface area contributed by atoms with Crippen LogP contribution >= 0.6 is 27.3 Å². The first-order valence-corrected chi connectivity index (χ1v) is 5.76. The van der Waals surface area contributed by atoms with E-state index in [0.29, 0.717) is 0 Å². The molecule has 0 unspecified atom stereocenters. The molecule has 0 amide bonds. The molecule has 6 heteroatoms. The third-order valence-electron chi connectivity index (χ3n) is 2.58. The van der Waals surface area contributed by atoms with E-state index < -0.39 is 0 Å². The van der Waals surface area contributed by atoms with Crippen LogP contribution in [0.2, 0.25) is 0 Å². The van der Waals surface area contributed by atoms with Crippen molar-refractivity contribution in [1.82, 2.24) is 10.2 Å². The fourth-order valence-corrected chi connectivity index (χ4v) is 2.84. The van der Waals surface area contributed by atoms with Gasteiger partial charge in [-0.3, -0.25) is 0 Å². The topological polar surface area (TPSA) is 38.2 Å². The molecule has 2 aliphatic rings. The highest BCUT2D eigenvalue weighted by molar-refractivity contribution is 9.11. The Bertz CT molecular complexity index is 330. The number of aromatic nitrogens is 2. The van der Waals surface area contributed by atoms with Crippen LogP contribution in [0.15, 0.2) is 3.92 Å². The molecule has 1 aromatic heterocycles. The average molecular weight is 262 g/mol. The van der Waals surface area contributed by atoms with Gasteiger partial charge >= 0.3 is 0 Å². The molecule has 13 heavy (non-hydrogen) atoms. The Kier molecular flexibility index (Phi) is 1.66. The zero-order valence-electron chi connectivity index (χ0n) is 6.86. The number of hydrogen-bond acceptors (Lipinski definition) is 5. The molecule has 0 atom stereocenters. The van der Waals surface area contributed by atoms with Gasteiger partial charge < -0.3 is 9.64 Å². The maximum Gasteiger partial charge on any atom is 0.209 e. The van der Waals surface area contributed by atoms with Gasteiger partial charge in [0.05, 0.1) is 19.7 Å². The maximum atomic E-state index is 5.52. The fourth-order valence-electron chi connectivity index (χ4n) is 1.75. The lowest BCUT2D eigenvalue weighted by Crippen LogP contribution is -2.68. The van der Waals surface area contributed by atoms with E-state index in [9.17, 15) is 0 Å². The van der Waals surface area contributed by atoms with E-state index in [0.717, 1.165) is 28.7 Å². The third kappa shape index (κ3) is 1.19. The molecule has 2 aliphatic heterocycles. The van der Waals surface area contributed by atoms with Crippen molar-refractivity contribution in [2.75, 3.05) is 24.6 Å². The van der Waals surface area contributed by atoms with Gasteiger partial charge in [-0.15, -0.1) is 10.2 Å². The highest BCUT2D eigenvalue weighted by Crippen LogP contribution is 2.39. The number of ether oxygens (including phenoxy) is 1. The van der Waals surface area contributed by atoms with E-state index in [1.165, 1.54) is 6.42 Å². The predicted molar refractivity (Wildman–Crippen MR) is 53.1 cm³/mol. The molecule has 0 aliphatic carbocycles. The molecule has 0 N–H and O–H groups in total. The SMILES string of the molecule is Brc1nnc(N2CC3(CCO3)C2)s1. The van der Waals surface area contributed by atoms with Gasteiger partial charge in [-0.25, -0.2) is 0 Å². The normalized spacial score (nSPS) is 24.2. The Morgan fingerprint density at radius 2 is 2.23 bits per heavy atom. The molecule has 70 valence electrons. The molecular weight excluding hydrogens is 254 g/mol. The van der Waals surface area contributed by atoms with Gasteiger partial charge in [0.15, 0.2) is 3.92 Å². The van der Waals surface area contributed by atoms with Crippen molar-refractivity contribution in [3.05, 3.63) is 3.92 Å². The van der Waals surface area contributed by atoms with Crippen LogP contribution in [0, 0.1) is 0 Å². The van der Waals surface area contributed by atoms with Gasteiger partial charge in [0, 0.05) is 6.42 Å². The fraction of sp³-hybridized carbons (Fsp3) is 0.714. The summed E-state index contributed by atoms with van der Waals surface area (Å²) in [5.74, 6) is 0. The van der Waals surface area contributed by atoms with Crippen LogP contribution in [-0.2, 0) is 4.74 Å². The third-order valence-corrected chi connectivity index (χ3v) is 4.00. The molecule has 2 fully saturated rings. The van der Waals surface area contributed by atoms with Crippen LogP contribution in [0.4, 0.5) is 5.13 Å². The van der Waals surface area contributed by atoms with Crippen LogP contribution in [0.1, 0.15) is 6.42 Å². The van der Waals surface area contributed by atoms with E-state index >= 15 is 0 Å². The van der Waals surface area contributed by atoms with Crippen molar-refractivity contribution >= 4 is 32.4 Å². The summed E-state index contributed by atoms with van der Waals surface area (Å²) in [6.07, 6.45) is 1.20. The van der Waals surface area contributed by atoms with Gasteiger partial charge in [-0.2, -0.15) is 0 Å². The molecule has 1 spiro atoms. The van der Waals surface area contributed by atoms with Gasteiger partial charge in [0.25, 0.3) is 0 Å². The Balaban J connectivity index is 1.70. The Morgan fingerprint density at radius 3 is 2.69 bits per heavy atom. The predicted octanol–water partition coefficient (Wildman–Crippen LogP) is 1.28. The quantitative estimate of drug-likeness (QED) is 0.764. The molecule has 0 bridgehead atoms. The summed E-state index contributed by atoms with van der Waals surface area (Å²) in [6.45, 7) is 2.89. The van der Waals surface area contributed by atoms with Crippen molar-refractivity contribution in [2.24, 2.45) is 0 Å². The highest BCUT2D eigenvalue weighted by Gasteiger charge is 2.50. The lowest BCUT2D eigenvalue weighted by atomic mass is 9.87. The molecule has 0 radical (unpaired) electrons. The Morgan fingerprint density at radius 1 is 1.46 bits per heavy atom. The zero-order chi connectivity index (χ0) is 8.89. The number of halogens is 1. The van der Waals surface area contributed by atoms with Crippen LogP contribution in [0.3, 0.4) is 0 Å². The Labute approximate surface area is 88.0 Å². The summed E-state index contributed by atoms with van der Waals surface area (Å²) in [6, 6.07) is 0. The van der Waals surface area contributed by atoms with Crippen molar-refractivity contribution in [2.45, 2.75) is 12.0 Å². The first-order valence-electron chi connectivity index (χ1n) is 4.15. The number of anilines is 1. The minimum absolute atomic E-state index is 0.179. The smallest absolute Gasteiger partial charge is 0.209 e. The summed E-state index contributed by atoms with van der Waals surface area (Å²) in [5, 5.41) is 8.96. The van der Waals surface area contributed by atoms with Crippen molar-refractivity contribution < 1.29 is 4.74 Å². The van der Waals surface area contributed by atoms with Crippen LogP contribution < -0.4 is 4.90 Å².